The summed E-state index contributed by atoms with van der Waals surface area (Å²) in [6.45, 7) is 22.6. The highest BCUT2D eigenvalue weighted by molar-refractivity contribution is 5.43. The van der Waals surface area contributed by atoms with Crippen molar-refractivity contribution in [2.45, 2.75) is 92.9 Å². The van der Waals surface area contributed by atoms with Crippen LogP contribution in [0.1, 0.15) is 93.2 Å². The molecular formula is C22H38O. The van der Waals surface area contributed by atoms with Gasteiger partial charge in [-0.3, -0.25) is 0 Å². The molecule has 0 bridgehead atoms. The molecular weight excluding hydrogens is 280 g/mol. The second-order valence-electron chi connectivity index (χ2n) is 11.0. The summed E-state index contributed by atoms with van der Waals surface area (Å²) in [6.07, 6.45) is 2.13. The lowest BCUT2D eigenvalue weighted by molar-refractivity contribution is 0.275. The van der Waals surface area contributed by atoms with E-state index in [0.29, 0.717) is 5.75 Å². The first-order valence-corrected chi connectivity index (χ1v) is 8.88. The van der Waals surface area contributed by atoms with Crippen LogP contribution in [0.2, 0.25) is 0 Å². The lowest BCUT2D eigenvalue weighted by atomic mass is 9.69. The Bertz CT molecular complexity index is 536. The first-order valence-electron chi connectivity index (χ1n) is 8.88. The molecule has 1 aromatic carbocycles. The molecule has 0 unspecified atom stereocenters. The minimum absolute atomic E-state index is 0.0327. The van der Waals surface area contributed by atoms with Gasteiger partial charge in [0.05, 0.1) is 0 Å². The van der Waals surface area contributed by atoms with Gasteiger partial charge in [-0.1, -0.05) is 81.4 Å². The number of rotatable bonds is 4. The Morgan fingerprint density at radius 2 is 1.13 bits per heavy atom. The minimum Gasteiger partial charge on any atom is -0.508 e. The van der Waals surface area contributed by atoms with Crippen LogP contribution in [0.25, 0.3) is 0 Å². The van der Waals surface area contributed by atoms with Gasteiger partial charge in [-0.15, -0.1) is 0 Å². The van der Waals surface area contributed by atoms with E-state index in [0.717, 1.165) is 18.4 Å². The summed E-state index contributed by atoms with van der Waals surface area (Å²) in [5, 5.41) is 10.7. The summed E-state index contributed by atoms with van der Waals surface area (Å²) in [5.74, 6) is 0.443. The molecule has 0 saturated carbocycles. The van der Waals surface area contributed by atoms with Crippen molar-refractivity contribution in [3.8, 4) is 5.75 Å². The molecule has 1 heteroatoms. The minimum atomic E-state index is -0.0327. The highest BCUT2D eigenvalue weighted by Crippen LogP contribution is 2.43. The molecule has 0 fully saturated rings. The van der Waals surface area contributed by atoms with Crippen molar-refractivity contribution >= 4 is 0 Å². The van der Waals surface area contributed by atoms with Crippen LogP contribution in [0, 0.1) is 10.8 Å². The molecule has 0 heterocycles. The Kier molecular flexibility index (Phi) is 5.36. The molecule has 0 spiro atoms. The largest absolute Gasteiger partial charge is 0.508 e. The van der Waals surface area contributed by atoms with Crippen molar-refractivity contribution in [3.63, 3.8) is 0 Å². The van der Waals surface area contributed by atoms with E-state index in [9.17, 15) is 5.11 Å². The fraction of sp³-hybridized carbons (Fsp3) is 0.727. The highest BCUT2D eigenvalue weighted by atomic mass is 16.3. The van der Waals surface area contributed by atoms with Gasteiger partial charge in [0.2, 0.25) is 0 Å². The zero-order chi connectivity index (χ0) is 18.3. The van der Waals surface area contributed by atoms with Crippen LogP contribution in [0.5, 0.6) is 5.75 Å². The predicted octanol–water partition coefficient (Wildman–Crippen LogP) is 6.82. The molecule has 1 aromatic rings. The van der Waals surface area contributed by atoms with Crippen LogP contribution in [-0.2, 0) is 10.8 Å². The molecule has 132 valence electrons. The molecule has 0 aliphatic heterocycles. The van der Waals surface area contributed by atoms with Crippen LogP contribution in [0.15, 0.2) is 18.2 Å². The van der Waals surface area contributed by atoms with Crippen molar-refractivity contribution in [3.05, 3.63) is 29.3 Å². The highest BCUT2D eigenvalue weighted by Gasteiger charge is 2.32. The van der Waals surface area contributed by atoms with Gasteiger partial charge in [-0.25, -0.2) is 0 Å². The average molecular weight is 319 g/mol. The van der Waals surface area contributed by atoms with Crippen LogP contribution in [0.4, 0.5) is 0 Å². The number of phenolic OH excluding ortho intramolecular Hbond substituents is 1. The molecule has 0 saturated heterocycles. The Hall–Kier alpha value is -0.980. The Labute approximate surface area is 144 Å². The van der Waals surface area contributed by atoms with Crippen LogP contribution in [0.3, 0.4) is 0 Å². The molecule has 0 radical (unpaired) electrons. The lowest BCUT2D eigenvalue weighted by Crippen LogP contribution is -2.27. The van der Waals surface area contributed by atoms with E-state index in [1.165, 1.54) is 5.56 Å². The van der Waals surface area contributed by atoms with E-state index < -0.39 is 0 Å². The molecule has 1 N–H and O–H groups in total. The van der Waals surface area contributed by atoms with E-state index in [2.05, 4.69) is 81.4 Å². The van der Waals surface area contributed by atoms with Gasteiger partial charge in [0.25, 0.3) is 0 Å². The molecule has 1 rings (SSSR count). The van der Waals surface area contributed by atoms with Crippen molar-refractivity contribution in [1.82, 2.24) is 0 Å². The Balaban J connectivity index is 3.16. The fourth-order valence-electron chi connectivity index (χ4n) is 4.37. The number of phenols is 1. The van der Waals surface area contributed by atoms with Gasteiger partial charge in [0.15, 0.2) is 0 Å². The average Bonchev–Trinajstić information content (AvgIpc) is 2.21. The zero-order valence-corrected chi connectivity index (χ0v) is 17.1. The molecule has 0 atom stereocenters. The molecule has 1 nitrogen and oxygen atoms in total. The lowest BCUT2D eigenvalue weighted by Gasteiger charge is -2.35. The summed E-state index contributed by atoms with van der Waals surface area (Å²) in [6, 6.07) is 6.34. The maximum Gasteiger partial charge on any atom is 0.119 e. The van der Waals surface area contributed by atoms with Crippen LogP contribution >= 0.6 is 0 Å². The maximum atomic E-state index is 10.7. The van der Waals surface area contributed by atoms with Crippen molar-refractivity contribution < 1.29 is 5.11 Å². The molecule has 0 amide bonds. The summed E-state index contributed by atoms with van der Waals surface area (Å²) < 4.78 is 0. The Morgan fingerprint density at radius 1 is 0.696 bits per heavy atom. The number of hydrogen-bond acceptors (Lipinski definition) is 1. The fourth-order valence-corrected chi connectivity index (χ4v) is 4.37. The van der Waals surface area contributed by atoms with Gasteiger partial charge in [0.1, 0.15) is 5.75 Å². The summed E-state index contributed by atoms with van der Waals surface area (Å²) in [7, 11) is 0. The topological polar surface area (TPSA) is 20.2 Å². The maximum absolute atomic E-state index is 10.7. The quantitative estimate of drug-likeness (QED) is 0.645. The van der Waals surface area contributed by atoms with E-state index in [4.69, 9.17) is 0 Å². The first kappa shape index (κ1) is 20.1. The van der Waals surface area contributed by atoms with Crippen LogP contribution in [-0.4, -0.2) is 5.11 Å². The van der Waals surface area contributed by atoms with Gasteiger partial charge in [0, 0.05) is 0 Å². The standard InChI is InChI=1S/C22H38O/c1-19(2,3)14-21(7,8)16-11-12-17(18(23)13-16)22(9,10)15-20(4,5)6/h11-13,23H,14-15H2,1-10H3. The SMILES string of the molecule is CC(C)(C)CC(C)(C)c1ccc(C(C)(C)CC(C)(C)C)c(O)c1. The molecule has 0 aliphatic carbocycles. The third-order valence-electron chi connectivity index (χ3n) is 4.45. The normalized spacial score (nSPS) is 14.2. The zero-order valence-electron chi connectivity index (χ0n) is 17.1. The monoisotopic (exact) mass is 318 g/mol. The van der Waals surface area contributed by atoms with E-state index in [1.807, 2.05) is 6.07 Å². The third-order valence-corrected chi connectivity index (χ3v) is 4.45. The number of benzene rings is 1. The van der Waals surface area contributed by atoms with Gasteiger partial charge in [-0.05, 0) is 51.7 Å². The van der Waals surface area contributed by atoms with Gasteiger partial charge >= 0.3 is 0 Å². The third kappa shape index (κ3) is 5.86. The predicted molar refractivity (Wildman–Crippen MR) is 102 cm³/mol. The Morgan fingerprint density at radius 3 is 1.52 bits per heavy atom. The number of aromatic hydroxyl groups is 1. The van der Waals surface area contributed by atoms with Crippen LogP contribution < -0.4 is 0 Å². The second-order valence-corrected chi connectivity index (χ2v) is 11.0. The summed E-state index contributed by atoms with van der Waals surface area (Å²) in [5.41, 5.74) is 2.81. The number of hydrogen-bond donors (Lipinski definition) is 1. The first-order chi connectivity index (χ1) is 10.0. The van der Waals surface area contributed by atoms with E-state index in [1.54, 1.807) is 0 Å². The molecule has 23 heavy (non-hydrogen) atoms. The molecule has 0 aromatic heterocycles. The summed E-state index contributed by atoms with van der Waals surface area (Å²) in [4.78, 5) is 0. The van der Waals surface area contributed by atoms with Gasteiger partial charge < -0.3 is 5.11 Å². The van der Waals surface area contributed by atoms with Crippen molar-refractivity contribution in [1.29, 1.82) is 0 Å². The van der Waals surface area contributed by atoms with Gasteiger partial charge in [-0.2, -0.15) is 0 Å². The van der Waals surface area contributed by atoms with Crippen molar-refractivity contribution in [2.24, 2.45) is 10.8 Å². The van der Waals surface area contributed by atoms with E-state index >= 15 is 0 Å². The van der Waals surface area contributed by atoms with Crippen molar-refractivity contribution in [2.75, 3.05) is 0 Å². The summed E-state index contributed by atoms with van der Waals surface area (Å²) >= 11 is 0. The van der Waals surface area contributed by atoms with E-state index in [-0.39, 0.29) is 21.7 Å². The molecule has 0 aliphatic rings. The smallest absolute Gasteiger partial charge is 0.119 e. The second kappa shape index (κ2) is 6.15.